The zero-order chi connectivity index (χ0) is 16.6. The average molecular weight is 329 g/mol. The number of nitrogen functional groups attached to an aromatic ring is 1. The van der Waals surface area contributed by atoms with Gasteiger partial charge in [-0.05, 0) is 30.4 Å². The Hall–Kier alpha value is -2.34. The molecule has 120 valence electrons. The zero-order valence-electron chi connectivity index (χ0n) is 12.7. The van der Waals surface area contributed by atoms with E-state index in [2.05, 4.69) is 0 Å². The van der Waals surface area contributed by atoms with Gasteiger partial charge in [0.15, 0.2) is 0 Å². The molecule has 1 aromatic carbocycles. The number of amides is 2. The van der Waals surface area contributed by atoms with E-state index in [1.54, 1.807) is 0 Å². The molecule has 0 radical (unpaired) electrons. The lowest BCUT2D eigenvalue weighted by atomic mass is 9.67. The largest absolute Gasteiger partial charge is 0.390 e. The van der Waals surface area contributed by atoms with Gasteiger partial charge in [-0.1, -0.05) is 30.3 Å². The number of thiophene rings is 1. The molecular weight excluding hydrogens is 310 g/mol. The van der Waals surface area contributed by atoms with Crippen LogP contribution in [0.5, 0.6) is 0 Å². The number of primary amides is 2. The third kappa shape index (κ3) is 2.70. The van der Waals surface area contributed by atoms with Gasteiger partial charge in [-0.25, -0.2) is 0 Å². The topological polar surface area (TPSA) is 112 Å². The van der Waals surface area contributed by atoms with Crippen molar-refractivity contribution in [3.8, 4) is 0 Å². The molecule has 0 saturated heterocycles. The number of rotatable bonds is 4. The molecule has 1 unspecified atom stereocenters. The SMILES string of the molecule is NC(=O)CC1(c2ccccc2)CCc2c(sc(N)c2C(N)=O)C1. The zero-order valence-corrected chi connectivity index (χ0v) is 13.5. The van der Waals surface area contributed by atoms with E-state index in [4.69, 9.17) is 17.2 Å². The van der Waals surface area contributed by atoms with E-state index in [1.165, 1.54) is 11.3 Å². The summed E-state index contributed by atoms with van der Waals surface area (Å²) in [6.07, 6.45) is 2.34. The van der Waals surface area contributed by atoms with E-state index in [1.807, 2.05) is 30.3 Å². The predicted octanol–water partition coefficient (Wildman–Crippen LogP) is 1.73. The van der Waals surface area contributed by atoms with Gasteiger partial charge in [0.2, 0.25) is 5.91 Å². The molecule has 0 spiro atoms. The van der Waals surface area contributed by atoms with Gasteiger partial charge in [-0.3, -0.25) is 9.59 Å². The summed E-state index contributed by atoms with van der Waals surface area (Å²) in [6, 6.07) is 9.93. The minimum Gasteiger partial charge on any atom is -0.390 e. The molecule has 3 rings (SSSR count). The van der Waals surface area contributed by atoms with Gasteiger partial charge in [-0.15, -0.1) is 11.3 Å². The lowest BCUT2D eigenvalue weighted by molar-refractivity contribution is -0.119. The maximum Gasteiger partial charge on any atom is 0.251 e. The van der Waals surface area contributed by atoms with Crippen LogP contribution in [0.25, 0.3) is 0 Å². The molecule has 1 heterocycles. The number of carbonyl (C=O) groups excluding carboxylic acids is 2. The first kappa shape index (κ1) is 15.6. The number of hydrogen-bond acceptors (Lipinski definition) is 4. The van der Waals surface area contributed by atoms with Gasteiger partial charge in [-0.2, -0.15) is 0 Å². The van der Waals surface area contributed by atoms with E-state index in [0.29, 0.717) is 23.4 Å². The van der Waals surface area contributed by atoms with Crippen LogP contribution < -0.4 is 17.2 Å². The standard InChI is InChI=1S/C17H19N3O2S/c18-13(21)9-17(10-4-2-1-3-5-10)7-6-11-12(8-17)23-16(20)14(11)15(19)22/h1-5H,6-9,20H2,(H2,18,21)(H2,19,22). The van der Waals surface area contributed by atoms with Crippen LogP contribution >= 0.6 is 11.3 Å². The van der Waals surface area contributed by atoms with Crippen LogP contribution in [0.1, 0.15) is 39.2 Å². The fourth-order valence-electron chi connectivity index (χ4n) is 3.60. The van der Waals surface area contributed by atoms with Crippen LogP contribution in [0.2, 0.25) is 0 Å². The molecule has 0 aliphatic heterocycles. The highest BCUT2D eigenvalue weighted by atomic mass is 32.1. The van der Waals surface area contributed by atoms with Crippen LogP contribution in [0.15, 0.2) is 30.3 Å². The molecule has 23 heavy (non-hydrogen) atoms. The van der Waals surface area contributed by atoms with E-state index < -0.39 is 5.91 Å². The Morgan fingerprint density at radius 2 is 1.87 bits per heavy atom. The monoisotopic (exact) mass is 329 g/mol. The number of carbonyl (C=O) groups is 2. The first-order valence-corrected chi connectivity index (χ1v) is 8.28. The van der Waals surface area contributed by atoms with Gasteiger partial charge < -0.3 is 17.2 Å². The van der Waals surface area contributed by atoms with Gasteiger partial charge in [0.25, 0.3) is 5.91 Å². The molecule has 1 aromatic heterocycles. The summed E-state index contributed by atoms with van der Waals surface area (Å²) in [5.74, 6) is -0.806. The van der Waals surface area contributed by atoms with E-state index in [-0.39, 0.29) is 17.7 Å². The van der Waals surface area contributed by atoms with E-state index >= 15 is 0 Å². The van der Waals surface area contributed by atoms with Crippen molar-refractivity contribution < 1.29 is 9.59 Å². The van der Waals surface area contributed by atoms with Gasteiger partial charge in [0.05, 0.1) is 10.6 Å². The van der Waals surface area contributed by atoms with Crippen LogP contribution in [0, 0.1) is 0 Å². The highest BCUT2D eigenvalue weighted by Gasteiger charge is 2.40. The maximum atomic E-state index is 11.7. The number of hydrogen-bond donors (Lipinski definition) is 3. The summed E-state index contributed by atoms with van der Waals surface area (Å²) in [4.78, 5) is 24.3. The smallest absolute Gasteiger partial charge is 0.251 e. The maximum absolute atomic E-state index is 11.7. The lowest BCUT2D eigenvalue weighted by Gasteiger charge is -2.37. The molecule has 0 saturated carbocycles. The summed E-state index contributed by atoms with van der Waals surface area (Å²) in [6.45, 7) is 0. The molecule has 0 fully saturated rings. The predicted molar refractivity (Wildman–Crippen MR) is 91.2 cm³/mol. The van der Waals surface area contributed by atoms with Crippen LogP contribution in [-0.4, -0.2) is 11.8 Å². The average Bonchev–Trinajstić information content (AvgIpc) is 2.82. The second-order valence-electron chi connectivity index (χ2n) is 6.07. The molecule has 6 N–H and O–H groups in total. The molecular formula is C17H19N3O2S. The van der Waals surface area contributed by atoms with Crippen molar-refractivity contribution in [2.45, 2.75) is 31.1 Å². The Labute approximate surface area is 138 Å². The fourth-order valence-corrected chi connectivity index (χ4v) is 4.86. The van der Waals surface area contributed by atoms with Gasteiger partial charge in [0.1, 0.15) is 0 Å². The first-order valence-electron chi connectivity index (χ1n) is 7.46. The fraction of sp³-hybridized carbons (Fsp3) is 0.294. The van der Waals surface area contributed by atoms with E-state index in [9.17, 15) is 9.59 Å². The van der Waals surface area contributed by atoms with Crippen molar-refractivity contribution in [3.05, 3.63) is 51.9 Å². The summed E-state index contributed by atoms with van der Waals surface area (Å²) < 4.78 is 0. The number of fused-ring (bicyclic) bond motifs is 1. The molecule has 2 amide bonds. The van der Waals surface area contributed by atoms with Gasteiger partial charge >= 0.3 is 0 Å². The summed E-state index contributed by atoms with van der Waals surface area (Å²) >= 11 is 1.39. The third-order valence-corrected chi connectivity index (χ3v) is 5.68. The molecule has 1 aliphatic rings. The third-order valence-electron chi connectivity index (χ3n) is 4.62. The number of nitrogens with two attached hydrogens (primary N) is 3. The van der Waals surface area contributed by atoms with Crippen molar-refractivity contribution in [2.75, 3.05) is 5.73 Å². The van der Waals surface area contributed by atoms with Crippen molar-refractivity contribution in [3.63, 3.8) is 0 Å². The summed E-state index contributed by atoms with van der Waals surface area (Å²) in [5, 5.41) is 0.463. The first-order chi connectivity index (χ1) is 10.9. The number of anilines is 1. The minimum atomic E-state index is -0.484. The minimum absolute atomic E-state index is 0.278. The van der Waals surface area contributed by atoms with Crippen molar-refractivity contribution in [1.29, 1.82) is 0 Å². The van der Waals surface area contributed by atoms with Crippen molar-refractivity contribution in [2.24, 2.45) is 11.5 Å². The van der Waals surface area contributed by atoms with Crippen LogP contribution in [0.4, 0.5) is 5.00 Å². The van der Waals surface area contributed by atoms with Crippen molar-refractivity contribution in [1.82, 2.24) is 0 Å². The molecule has 1 atom stereocenters. The highest BCUT2D eigenvalue weighted by molar-refractivity contribution is 7.16. The molecule has 1 aliphatic carbocycles. The summed E-state index contributed by atoms with van der Waals surface area (Å²) in [7, 11) is 0. The molecule has 5 nitrogen and oxygen atoms in total. The molecule has 0 bridgehead atoms. The Morgan fingerprint density at radius 3 is 2.48 bits per heavy atom. The normalized spacial score (nSPS) is 20.0. The van der Waals surface area contributed by atoms with Crippen LogP contribution in [-0.2, 0) is 23.1 Å². The lowest BCUT2D eigenvalue weighted by Crippen LogP contribution is -2.37. The molecule has 2 aromatic rings. The van der Waals surface area contributed by atoms with Crippen molar-refractivity contribution >= 4 is 28.2 Å². The Bertz CT molecular complexity index is 770. The molecule has 6 heteroatoms. The highest BCUT2D eigenvalue weighted by Crippen LogP contribution is 2.46. The Morgan fingerprint density at radius 1 is 1.17 bits per heavy atom. The Kier molecular flexibility index (Phi) is 3.85. The second-order valence-corrected chi connectivity index (χ2v) is 7.21. The quantitative estimate of drug-likeness (QED) is 0.794. The van der Waals surface area contributed by atoms with Crippen LogP contribution in [0.3, 0.4) is 0 Å². The van der Waals surface area contributed by atoms with Gasteiger partial charge in [0, 0.05) is 16.7 Å². The second kappa shape index (κ2) is 5.70. The number of benzene rings is 1. The summed E-state index contributed by atoms with van der Waals surface area (Å²) in [5.41, 5.74) is 19.1. The Balaban J connectivity index is 2.07. The van der Waals surface area contributed by atoms with E-state index in [0.717, 1.165) is 22.4 Å².